The number of ether oxygens (including phenoxy) is 8. The van der Waals surface area contributed by atoms with E-state index in [1.165, 1.54) is 38.1 Å². The molecule has 0 radical (unpaired) electrons. The summed E-state index contributed by atoms with van der Waals surface area (Å²) in [5.41, 5.74) is 0.192. The molecule has 0 aliphatic carbocycles. The van der Waals surface area contributed by atoms with Gasteiger partial charge in [0.2, 0.25) is 12.4 Å². The number of rotatable bonds is 15. The third-order valence-corrected chi connectivity index (χ3v) is 10.1. The molecule has 0 bridgehead atoms. The molecule has 6 rings (SSSR count). The van der Waals surface area contributed by atoms with E-state index in [1.807, 2.05) is 12.1 Å². The number of carbonyl (C=O) groups is 5. The summed E-state index contributed by atoms with van der Waals surface area (Å²) in [7, 11) is 1.55. The van der Waals surface area contributed by atoms with Gasteiger partial charge in [-0.05, 0) is 78.7 Å². The van der Waals surface area contributed by atoms with Crippen LogP contribution >= 0.6 is 11.6 Å². The maximum Gasteiger partial charge on any atom is 0.338 e. The number of hydrogen-bond acceptors (Lipinski definition) is 13. The van der Waals surface area contributed by atoms with E-state index in [-0.39, 0.29) is 40.5 Å². The molecule has 5 aromatic carbocycles. The molecule has 0 spiro atoms. The van der Waals surface area contributed by atoms with Crippen LogP contribution < -0.4 is 9.47 Å². The minimum Gasteiger partial charge on any atom is -0.497 e. The molecule has 1 fully saturated rings. The predicted molar refractivity (Wildman–Crippen MR) is 220 cm³/mol. The first kappa shape index (κ1) is 43.9. The van der Waals surface area contributed by atoms with Crippen molar-refractivity contribution in [3.8, 4) is 11.5 Å². The Balaban J connectivity index is 1.49. The third-order valence-electron chi connectivity index (χ3n) is 9.74. The third kappa shape index (κ3) is 11.1. The Morgan fingerprint density at radius 3 is 1.77 bits per heavy atom. The summed E-state index contributed by atoms with van der Waals surface area (Å²) in [4.78, 5) is 66.1. The standard InChI is InChI=1S/C47H43ClO13/c1-29(49)55-27-32-25-38(48)37(24-31-20-22-36(54-4)23-21-31)39(26-32)57-46-41(59-44(52)34-16-10-6-11-17-34)42(60-45(53)35-18-12-7-13-19-35)47(3,61-30(2)50)40(58-46)28-56-43(51)33-14-8-5-9-15-33/h5-23,25-26,40-42,46H,24,27-28H2,1-4H3/t40-,41-,42-,46-,47-/m1/s1. The Morgan fingerprint density at radius 1 is 0.672 bits per heavy atom. The second-order valence-electron chi connectivity index (χ2n) is 14.1. The van der Waals surface area contributed by atoms with E-state index in [0.29, 0.717) is 16.9 Å². The zero-order valence-corrected chi connectivity index (χ0v) is 34.5. The van der Waals surface area contributed by atoms with Gasteiger partial charge in [0.05, 0.1) is 23.8 Å². The van der Waals surface area contributed by atoms with Crippen LogP contribution in [0.3, 0.4) is 0 Å². The van der Waals surface area contributed by atoms with E-state index in [1.54, 1.807) is 98.1 Å². The Hall–Kier alpha value is -6.70. The van der Waals surface area contributed by atoms with E-state index in [0.717, 1.165) is 12.5 Å². The van der Waals surface area contributed by atoms with Crippen molar-refractivity contribution in [3.05, 3.63) is 166 Å². The van der Waals surface area contributed by atoms with Gasteiger partial charge in [-0.2, -0.15) is 0 Å². The van der Waals surface area contributed by atoms with Gasteiger partial charge in [-0.15, -0.1) is 0 Å². The Kier molecular flexibility index (Phi) is 14.4. The van der Waals surface area contributed by atoms with Crippen molar-refractivity contribution in [1.82, 2.24) is 0 Å². The molecule has 1 saturated heterocycles. The summed E-state index contributed by atoms with van der Waals surface area (Å²) < 4.78 is 48.0. The van der Waals surface area contributed by atoms with Crippen LogP contribution in [-0.2, 0) is 51.0 Å². The predicted octanol–water partition coefficient (Wildman–Crippen LogP) is 7.74. The lowest BCUT2D eigenvalue weighted by atomic mass is 9.85. The number of halogens is 1. The van der Waals surface area contributed by atoms with Crippen molar-refractivity contribution >= 4 is 41.4 Å². The Bertz CT molecular complexity index is 2320. The smallest absolute Gasteiger partial charge is 0.338 e. The lowest BCUT2D eigenvalue weighted by Crippen LogP contribution is -2.70. The van der Waals surface area contributed by atoms with Crippen LogP contribution in [0.5, 0.6) is 11.5 Å². The first-order chi connectivity index (χ1) is 29.3. The van der Waals surface area contributed by atoms with Gasteiger partial charge in [0.1, 0.15) is 30.8 Å². The van der Waals surface area contributed by atoms with Gasteiger partial charge in [-0.3, -0.25) is 9.59 Å². The highest BCUT2D eigenvalue weighted by Gasteiger charge is 2.61. The molecule has 1 aliphatic heterocycles. The molecule has 0 saturated carbocycles. The number of methoxy groups -OCH3 is 1. The maximum absolute atomic E-state index is 14.0. The van der Waals surface area contributed by atoms with E-state index in [4.69, 9.17) is 49.5 Å². The molecule has 0 unspecified atom stereocenters. The number of benzene rings is 5. The fraction of sp³-hybridized carbons (Fsp3) is 0.255. The largest absolute Gasteiger partial charge is 0.497 e. The Labute approximate surface area is 357 Å². The molecule has 1 heterocycles. The molecule has 5 atom stereocenters. The van der Waals surface area contributed by atoms with E-state index >= 15 is 0 Å². The van der Waals surface area contributed by atoms with Gasteiger partial charge < -0.3 is 37.9 Å². The molecule has 14 heteroatoms. The molecular formula is C47H43ClO13. The topological polar surface area (TPSA) is 159 Å². The molecule has 0 N–H and O–H groups in total. The number of carbonyl (C=O) groups excluding carboxylic acids is 5. The summed E-state index contributed by atoms with van der Waals surface area (Å²) in [6.45, 7) is 3.10. The van der Waals surface area contributed by atoms with Crippen molar-refractivity contribution in [2.24, 2.45) is 0 Å². The zero-order valence-electron chi connectivity index (χ0n) is 33.7. The van der Waals surface area contributed by atoms with Crippen molar-refractivity contribution in [3.63, 3.8) is 0 Å². The molecule has 0 aromatic heterocycles. The highest BCUT2D eigenvalue weighted by Crippen LogP contribution is 2.41. The fourth-order valence-electron chi connectivity index (χ4n) is 6.68. The highest BCUT2D eigenvalue weighted by atomic mass is 35.5. The van der Waals surface area contributed by atoms with Crippen molar-refractivity contribution in [2.45, 2.75) is 64.0 Å². The summed E-state index contributed by atoms with van der Waals surface area (Å²) >= 11 is 6.96. The van der Waals surface area contributed by atoms with Crippen LogP contribution in [0.4, 0.5) is 0 Å². The van der Waals surface area contributed by atoms with E-state index in [9.17, 15) is 24.0 Å². The molecule has 1 aliphatic rings. The second kappa shape index (κ2) is 20.0. The molecule has 61 heavy (non-hydrogen) atoms. The summed E-state index contributed by atoms with van der Waals surface area (Å²) in [5, 5.41) is 0.231. The van der Waals surface area contributed by atoms with Gasteiger partial charge in [0.15, 0.2) is 11.7 Å². The van der Waals surface area contributed by atoms with E-state index < -0.39 is 66.7 Å². The monoisotopic (exact) mass is 850 g/mol. The molecular weight excluding hydrogens is 808 g/mol. The van der Waals surface area contributed by atoms with Gasteiger partial charge in [-0.25, -0.2) is 14.4 Å². The summed E-state index contributed by atoms with van der Waals surface area (Å²) in [6, 6.07) is 34.7. The molecule has 5 aromatic rings. The lowest BCUT2D eigenvalue weighted by Gasteiger charge is -2.50. The lowest BCUT2D eigenvalue weighted by molar-refractivity contribution is -0.309. The average Bonchev–Trinajstić information content (AvgIpc) is 3.26. The van der Waals surface area contributed by atoms with Crippen molar-refractivity contribution in [1.29, 1.82) is 0 Å². The van der Waals surface area contributed by atoms with Crippen molar-refractivity contribution < 1.29 is 61.9 Å². The normalized spacial score (nSPS) is 19.4. The van der Waals surface area contributed by atoms with Crippen molar-refractivity contribution in [2.75, 3.05) is 13.7 Å². The fourth-order valence-corrected chi connectivity index (χ4v) is 6.98. The van der Waals surface area contributed by atoms with Gasteiger partial charge in [0.25, 0.3) is 0 Å². The number of hydrogen-bond donors (Lipinski definition) is 0. The van der Waals surface area contributed by atoms with Gasteiger partial charge in [-0.1, -0.05) is 78.3 Å². The van der Waals surface area contributed by atoms with Crippen LogP contribution in [0, 0.1) is 0 Å². The highest BCUT2D eigenvalue weighted by molar-refractivity contribution is 6.31. The van der Waals surface area contributed by atoms with Crippen LogP contribution in [0.1, 0.15) is 68.5 Å². The van der Waals surface area contributed by atoms with E-state index in [2.05, 4.69) is 0 Å². The maximum atomic E-state index is 14.0. The van der Waals surface area contributed by atoms with Crippen LogP contribution in [-0.4, -0.2) is 73.8 Å². The van der Waals surface area contributed by atoms with Crippen LogP contribution in [0.25, 0.3) is 0 Å². The van der Waals surface area contributed by atoms with Gasteiger partial charge >= 0.3 is 29.8 Å². The average molecular weight is 851 g/mol. The minimum atomic E-state index is -1.99. The number of esters is 5. The minimum absolute atomic E-state index is 0.112. The quantitative estimate of drug-likeness (QED) is 0.0745. The van der Waals surface area contributed by atoms with Crippen LogP contribution in [0.2, 0.25) is 5.02 Å². The SMILES string of the molecule is COc1ccc(Cc2c(Cl)cc(COC(C)=O)cc2O[C@@H]2O[C@H](COC(=O)c3ccccc3)[C@@](C)(OC(C)=O)[C@H](OC(=O)c3ccccc3)[C@H]2OC(=O)c2ccccc2)cc1. The zero-order chi connectivity index (χ0) is 43.5. The first-order valence-corrected chi connectivity index (χ1v) is 19.6. The summed E-state index contributed by atoms with van der Waals surface area (Å²) in [5.74, 6) is -3.06. The van der Waals surface area contributed by atoms with Crippen LogP contribution in [0.15, 0.2) is 127 Å². The first-order valence-electron chi connectivity index (χ1n) is 19.2. The molecule has 316 valence electrons. The Morgan fingerprint density at radius 2 is 1.23 bits per heavy atom. The molecule has 0 amide bonds. The summed E-state index contributed by atoms with van der Waals surface area (Å²) in [6.07, 6.45) is -6.21. The molecule has 13 nitrogen and oxygen atoms in total. The second-order valence-corrected chi connectivity index (χ2v) is 14.5. The van der Waals surface area contributed by atoms with Gasteiger partial charge in [0, 0.05) is 30.9 Å².